The van der Waals surface area contributed by atoms with Crippen molar-refractivity contribution in [2.24, 2.45) is 0 Å². The number of nitrogens with zero attached hydrogens (tertiary/aromatic N) is 2. The van der Waals surface area contributed by atoms with Crippen LogP contribution < -0.4 is 5.32 Å². The van der Waals surface area contributed by atoms with Crippen LogP contribution in [0, 0.1) is 21.4 Å². The molecule has 0 atom stereocenters. The van der Waals surface area contributed by atoms with Gasteiger partial charge in [-0.3, -0.25) is 14.9 Å². The number of benzene rings is 2. The van der Waals surface area contributed by atoms with Crippen LogP contribution in [0.4, 0.5) is 11.4 Å². The van der Waals surface area contributed by atoms with Crippen LogP contribution in [-0.2, 0) is 4.79 Å². The van der Waals surface area contributed by atoms with Crippen molar-refractivity contribution < 1.29 is 9.72 Å². The smallest absolute Gasteiger partial charge is 0.272 e. The van der Waals surface area contributed by atoms with Gasteiger partial charge in [-0.25, -0.2) is 0 Å². The number of hydrogen-bond donors (Lipinski definition) is 1. The van der Waals surface area contributed by atoms with Crippen LogP contribution in [0.3, 0.4) is 0 Å². The van der Waals surface area contributed by atoms with Gasteiger partial charge >= 0.3 is 0 Å². The first kappa shape index (κ1) is 15.5. The number of nitro groups is 1. The second-order valence-corrected chi connectivity index (χ2v) is 5.42. The van der Waals surface area contributed by atoms with Gasteiger partial charge in [0.2, 0.25) is 5.91 Å². The molecule has 1 amide bonds. The van der Waals surface area contributed by atoms with E-state index in [4.69, 9.17) is 5.26 Å². The number of nitriles is 1. The van der Waals surface area contributed by atoms with Gasteiger partial charge in [0, 0.05) is 27.6 Å². The van der Waals surface area contributed by atoms with E-state index in [0.717, 1.165) is 4.90 Å². The lowest BCUT2D eigenvalue weighted by atomic mass is 10.2. The van der Waals surface area contributed by atoms with E-state index in [1.807, 2.05) is 30.3 Å². The van der Waals surface area contributed by atoms with Crippen molar-refractivity contribution in [3.8, 4) is 6.07 Å². The number of rotatable bonds is 5. The fraction of sp³-hybridized carbons (Fsp3) is 0.0667. The van der Waals surface area contributed by atoms with Gasteiger partial charge in [-0.1, -0.05) is 30.0 Å². The van der Waals surface area contributed by atoms with Gasteiger partial charge in [0.05, 0.1) is 11.0 Å². The van der Waals surface area contributed by atoms with Crippen LogP contribution in [0.1, 0.15) is 6.42 Å². The van der Waals surface area contributed by atoms with Gasteiger partial charge < -0.3 is 5.32 Å². The Morgan fingerprint density at radius 1 is 1.23 bits per heavy atom. The van der Waals surface area contributed by atoms with Crippen LogP contribution in [0.5, 0.6) is 0 Å². The monoisotopic (exact) mass is 313 g/mol. The van der Waals surface area contributed by atoms with E-state index in [2.05, 4.69) is 5.32 Å². The number of carbonyl (C=O) groups excluding carboxylic acids is 1. The van der Waals surface area contributed by atoms with Crippen LogP contribution >= 0.6 is 11.8 Å². The lowest BCUT2D eigenvalue weighted by Gasteiger charge is -2.07. The molecule has 0 aromatic heterocycles. The molecule has 0 heterocycles. The molecule has 0 spiro atoms. The Hall–Kier alpha value is -2.85. The molecule has 0 aliphatic heterocycles. The van der Waals surface area contributed by atoms with E-state index in [0.29, 0.717) is 10.6 Å². The van der Waals surface area contributed by atoms with Gasteiger partial charge in [0.25, 0.3) is 5.69 Å². The zero-order valence-corrected chi connectivity index (χ0v) is 12.2. The highest BCUT2D eigenvalue weighted by Crippen LogP contribution is 2.32. The molecule has 2 aromatic carbocycles. The standard InChI is InChI=1S/C15H11N3O3S/c16-7-6-15(19)17-11-8-12(18(20)21)10-14(9-11)22-13-4-2-1-3-5-13/h1-5,8-10H,6H2,(H,17,19). The summed E-state index contributed by atoms with van der Waals surface area (Å²) in [5, 5.41) is 22.0. The van der Waals surface area contributed by atoms with Crippen LogP contribution in [0.15, 0.2) is 58.3 Å². The first-order valence-electron chi connectivity index (χ1n) is 6.27. The average Bonchev–Trinajstić information content (AvgIpc) is 2.48. The van der Waals surface area contributed by atoms with E-state index < -0.39 is 10.8 Å². The minimum Gasteiger partial charge on any atom is -0.325 e. The van der Waals surface area contributed by atoms with E-state index >= 15 is 0 Å². The molecule has 110 valence electrons. The summed E-state index contributed by atoms with van der Waals surface area (Å²) in [5.41, 5.74) is 0.182. The Bertz CT molecular complexity index is 741. The van der Waals surface area contributed by atoms with Gasteiger partial charge in [-0.2, -0.15) is 5.26 Å². The number of nitrogens with one attached hydrogen (secondary N) is 1. The maximum absolute atomic E-state index is 11.5. The minimum atomic E-state index is -0.519. The largest absolute Gasteiger partial charge is 0.325 e. The van der Waals surface area contributed by atoms with Crippen molar-refractivity contribution >= 4 is 29.0 Å². The molecular formula is C15H11N3O3S. The molecule has 2 rings (SSSR count). The van der Waals surface area contributed by atoms with Crippen molar-refractivity contribution in [3.05, 3.63) is 58.6 Å². The summed E-state index contributed by atoms with van der Waals surface area (Å²) >= 11 is 1.35. The third kappa shape index (κ3) is 4.33. The van der Waals surface area contributed by atoms with Crippen molar-refractivity contribution in [1.29, 1.82) is 5.26 Å². The van der Waals surface area contributed by atoms with Crippen molar-refractivity contribution in [2.45, 2.75) is 16.2 Å². The molecule has 0 saturated carbocycles. The zero-order valence-electron chi connectivity index (χ0n) is 11.4. The summed E-state index contributed by atoms with van der Waals surface area (Å²) in [5.74, 6) is -0.501. The molecule has 6 nitrogen and oxygen atoms in total. The molecule has 0 saturated heterocycles. The highest BCUT2D eigenvalue weighted by molar-refractivity contribution is 7.99. The molecule has 22 heavy (non-hydrogen) atoms. The highest BCUT2D eigenvalue weighted by atomic mass is 32.2. The van der Waals surface area contributed by atoms with Crippen molar-refractivity contribution in [1.82, 2.24) is 0 Å². The Labute approximate surface area is 130 Å². The van der Waals surface area contributed by atoms with Crippen molar-refractivity contribution in [2.75, 3.05) is 5.32 Å². The summed E-state index contributed by atoms with van der Waals surface area (Å²) in [6.45, 7) is 0. The molecule has 2 aromatic rings. The molecular weight excluding hydrogens is 302 g/mol. The topological polar surface area (TPSA) is 96.0 Å². The first-order chi connectivity index (χ1) is 10.6. The number of carbonyl (C=O) groups is 1. The third-order valence-electron chi connectivity index (χ3n) is 2.60. The maximum atomic E-state index is 11.5. The SMILES string of the molecule is N#CCC(=O)Nc1cc(Sc2ccccc2)cc([N+](=O)[O-])c1. The summed E-state index contributed by atoms with van der Waals surface area (Å²) in [4.78, 5) is 23.5. The lowest BCUT2D eigenvalue weighted by molar-refractivity contribution is -0.385. The maximum Gasteiger partial charge on any atom is 0.272 e. The second kappa shape index (κ2) is 7.24. The predicted octanol–water partition coefficient (Wildman–Crippen LogP) is 3.60. The van der Waals surface area contributed by atoms with Gasteiger partial charge in [0.1, 0.15) is 6.42 Å². The van der Waals surface area contributed by atoms with Gasteiger partial charge in [-0.05, 0) is 18.2 Å². The Morgan fingerprint density at radius 2 is 1.95 bits per heavy atom. The Morgan fingerprint density at radius 3 is 2.59 bits per heavy atom. The quantitative estimate of drug-likeness (QED) is 0.672. The van der Waals surface area contributed by atoms with E-state index in [1.165, 1.54) is 23.9 Å². The molecule has 0 aliphatic rings. The fourth-order valence-corrected chi connectivity index (χ4v) is 2.65. The van der Waals surface area contributed by atoms with Gasteiger partial charge in [-0.15, -0.1) is 0 Å². The summed E-state index contributed by atoms with van der Waals surface area (Å²) in [6, 6.07) is 15.5. The normalized spacial score (nSPS) is 9.77. The molecule has 0 aliphatic carbocycles. The van der Waals surface area contributed by atoms with E-state index in [1.54, 1.807) is 12.1 Å². The summed E-state index contributed by atoms with van der Waals surface area (Å²) < 4.78 is 0. The molecule has 0 radical (unpaired) electrons. The number of hydrogen-bond acceptors (Lipinski definition) is 5. The van der Waals surface area contributed by atoms with Crippen LogP contribution in [0.2, 0.25) is 0 Å². The minimum absolute atomic E-state index is 0.117. The molecule has 0 fully saturated rings. The van der Waals surface area contributed by atoms with Crippen molar-refractivity contribution in [3.63, 3.8) is 0 Å². The first-order valence-corrected chi connectivity index (χ1v) is 7.09. The summed E-state index contributed by atoms with van der Waals surface area (Å²) in [6.07, 6.45) is -0.302. The average molecular weight is 313 g/mol. The van der Waals surface area contributed by atoms with Crippen LogP contribution in [0.25, 0.3) is 0 Å². The van der Waals surface area contributed by atoms with Gasteiger partial charge in [0.15, 0.2) is 0 Å². The number of nitro benzene ring substituents is 1. The summed E-state index contributed by atoms with van der Waals surface area (Å²) in [7, 11) is 0. The Kier molecular flexibility index (Phi) is 5.11. The fourth-order valence-electron chi connectivity index (χ4n) is 1.72. The van der Waals surface area contributed by atoms with E-state index in [-0.39, 0.29) is 12.1 Å². The zero-order chi connectivity index (χ0) is 15.9. The number of amides is 1. The molecule has 0 bridgehead atoms. The molecule has 0 unspecified atom stereocenters. The Balaban J connectivity index is 2.29. The number of non-ortho nitro benzene ring substituents is 1. The predicted molar refractivity (Wildman–Crippen MR) is 82.5 cm³/mol. The molecule has 1 N–H and O–H groups in total. The number of anilines is 1. The lowest BCUT2D eigenvalue weighted by Crippen LogP contribution is -2.10. The second-order valence-electron chi connectivity index (χ2n) is 4.27. The highest BCUT2D eigenvalue weighted by Gasteiger charge is 2.12. The van der Waals surface area contributed by atoms with E-state index in [9.17, 15) is 14.9 Å². The van der Waals surface area contributed by atoms with Crippen LogP contribution in [-0.4, -0.2) is 10.8 Å². The third-order valence-corrected chi connectivity index (χ3v) is 3.58. The molecule has 7 heteroatoms.